The number of hydrogen-bond acceptors (Lipinski definition) is 5. The van der Waals surface area contributed by atoms with Gasteiger partial charge in [-0.1, -0.05) is 45.9 Å². The Bertz CT molecular complexity index is 676. The Morgan fingerprint density at radius 2 is 1.70 bits per heavy atom. The summed E-state index contributed by atoms with van der Waals surface area (Å²) in [7, 11) is 0. The highest BCUT2D eigenvalue weighted by Crippen LogP contribution is 2.20. The number of imide groups is 1. The summed E-state index contributed by atoms with van der Waals surface area (Å²) < 4.78 is 0. The summed E-state index contributed by atoms with van der Waals surface area (Å²) in [6, 6.07) is 4.78. The number of carboxylic acid groups (broad SMARTS) is 1. The van der Waals surface area contributed by atoms with Crippen LogP contribution in [0.15, 0.2) is 29.2 Å². The number of thiol groups is 1. The number of nitrogens with two attached hydrogens (primary N) is 1. The van der Waals surface area contributed by atoms with Gasteiger partial charge in [0.05, 0.1) is 6.04 Å². The second kappa shape index (κ2) is 10.5. The van der Waals surface area contributed by atoms with Crippen molar-refractivity contribution in [3.05, 3.63) is 29.8 Å². The Balaban J connectivity index is 3.26. The molecule has 0 fully saturated rings. The molecule has 0 heterocycles. The van der Waals surface area contributed by atoms with Crippen LogP contribution in [0.25, 0.3) is 0 Å². The van der Waals surface area contributed by atoms with E-state index < -0.39 is 29.9 Å². The van der Waals surface area contributed by atoms with E-state index in [0.717, 1.165) is 4.90 Å². The van der Waals surface area contributed by atoms with Crippen molar-refractivity contribution in [3.8, 4) is 0 Å². The summed E-state index contributed by atoms with van der Waals surface area (Å²) in [4.78, 5) is 39.1. The van der Waals surface area contributed by atoms with Crippen LogP contribution in [0.5, 0.6) is 0 Å². The predicted octanol–water partition coefficient (Wildman–Crippen LogP) is 2.75. The van der Waals surface area contributed by atoms with Crippen LogP contribution in [0, 0.1) is 11.8 Å². The average Bonchev–Trinajstić information content (AvgIpc) is 2.54. The van der Waals surface area contributed by atoms with Gasteiger partial charge in [0, 0.05) is 17.7 Å². The lowest BCUT2D eigenvalue weighted by molar-refractivity contribution is -0.159. The van der Waals surface area contributed by atoms with Crippen molar-refractivity contribution in [2.75, 3.05) is 0 Å². The van der Waals surface area contributed by atoms with Crippen LogP contribution in [-0.4, -0.2) is 39.9 Å². The SMILES string of the molecule is CC(C)CC(=O)N(C(=O)C(N)CC(C)C)C(Cc1ccccc1S)C(=O)O. The minimum Gasteiger partial charge on any atom is -0.480 e. The molecule has 1 aromatic carbocycles. The number of benzene rings is 1. The molecule has 7 heteroatoms. The van der Waals surface area contributed by atoms with Gasteiger partial charge >= 0.3 is 5.97 Å². The third kappa shape index (κ3) is 6.99. The number of aliphatic carboxylic acids is 1. The van der Waals surface area contributed by atoms with Gasteiger partial charge in [0.2, 0.25) is 11.8 Å². The molecule has 0 radical (unpaired) electrons. The molecule has 3 N–H and O–H groups in total. The van der Waals surface area contributed by atoms with Crippen molar-refractivity contribution in [1.29, 1.82) is 0 Å². The summed E-state index contributed by atoms with van der Waals surface area (Å²) in [6.45, 7) is 7.51. The lowest BCUT2D eigenvalue weighted by atomic mass is 9.99. The molecule has 6 nitrogen and oxygen atoms in total. The van der Waals surface area contributed by atoms with E-state index in [0.29, 0.717) is 16.9 Å². The Morgan fingerprint density at radius 1 is 1.11 bits per heavy atom. The van der Waals surface area contributed by atoms with Crippen LogP contribution < -0.4 is 5.73 Å². The number of nitrogens with zero attached hydrogens (tertiary/aromatic N) is 1. The Morgan fingerprint density at radius 3 is 2.19 bits per heavy atom. The molecule has 0 aliphatic carbocycles. The molecule has 2 unspecified atom stereocenters. The normalized spacial score (nSPS) is 13.5. The lowest BCUT2D eigenvalue weighted by Gasteiger charge is -2.31. The zero-order valence-electron chi connectivity index (χ0n) is 16.4. The molecule has 2 atom stereocenters. The number of carbonyl (C=O) groups is 3. The molecule has 0 aliphatic rings. The zero-order chi connectivity index (χ0) is 20.7. The van der Waals surface area contributed by atoms with E-state index in [-0.39, 0.29) is 24.7 Å². The summed E-state index contributed by atoms with van der Waals surface area (Å²) in [5.74, 6) is -2.27. The molecule has 0 aliphatic heterocycles. The van der Waals surface area contributed by atoms with Gasteiger partial charge in [-0.15, -0.1) is 12.6 Å². The van der Waals surface area contributed by atoms with E-state index >= 15 is 0 Å². The highest BCUT2D eigenvalue weighted by molar-refractivity contribution is 7.80. The molecule has 1 rings (SSSR count). The number of carboxylic acids is 1. The largest absolute Gasteiger partial charge is 0.480 e. The smallest absolute Gasteiger partial charge is 0.327 e. The fourth-order valence-corrected chi connectivity index (χ4v) is 3.12. The van der Waals surface area contributed by atoms with Crippen molar-refractivity contribution < 1.29 is 19.5 Å². The van der Waals surface area contributed by atoms with Crippen LogP contribution in [0.1, 0.15) is 46.1 Å². The fraction of sp³-hybridized carbons (Fsp3) is 0.550. The first-order valence-corrected chi connectivity index (χ1v) is 9.60. The Kier molecular flexibility index (Phi) is 8.99. The molecule has 2 amide bonds. The van der Waals surface area contributed by atoms with Gasteiger partial charge in [-0.3, -0.25) is 14.5 Å². The summed E-state index contributed by atoms with van der Waals surface area (Å²) in [5, 5.41) is 9.78. The van der Waals surface area contributed by atoms with Gasteiger partial charge in [0.15, 0.2) is 0 Å². The average molecular weight is 395 g/mol. The van der Waals surface area contributed by atoms with Gasteiger partial charge in [-0.05, 0) is 29.9 Å². The first kappa shape index (κ1) is 23.2. The number of hydrogen-bond donors (Lipinski definition) is 3. The van der Waals surface area contributed by atoms with Gasteiger partial charge in [0.1, 0.15) is 6.04 Å². The van der Waals surface area contributed by atoms with Crippen molar-refractivity contribution in [2.45, 2.75) is 63.9 Å². The highest BCUT2D eigenvalue weighted by Gasteiger charge is 2.37. The zero-order valence-corrected chi connectivity index (χ0v) is 17.3. The fourth-order valence-electron chi connectivity index (χ4n) is 2.87. The number of carbonyl (C=O) groups excluding carboxylic acids is 2. The van der Waals surface area contributed by atoms with E-state index in [1.807, 2.05) is 27.7 Å². The van der Waals surface area contributed by atoms with Gasteiger partial charge in [0.25, 0.3) is 0 Å². The quantitative estimate of drug-likeness (QED) is 0.559. The molecule has 0 spiro atoms. The number of rotatable bonds is 9. The third-order valence-electron chi connectivity index (χ3n) is 4.13. The Labute approximate surface area is 166 Å². The monoisotopic (exact) mass is 394 g/mol. The maximum absolute atomic E-state index is 12.9. The first-order valence-electron chi connectivity index (χ1n) is 9.15. The van der Waals surface area contributed by atoms with E-state index in [9.17, 15) is 19.5 Å². The van der Waals surface area contributed by atoms with Crippen LogP contribution in [-0.2, 0) is 20.8 Å². The van der Waals surface area contributed by atoms with Crippen molar-refractivity contribution in [1.82, 2.24) is 4.90 Å². The molecule has 27 heavy (non-hydrogen) atoms. The molecule has 0 bridgehead atoms. The predicted molar refractivity (Wildman–Crippen MR) is 108 cm³/mol. The topological polar surface area (TPSA) is 101 Å². The maximum Gasteiger partial charge on any atom is 0.327 e. The maximum atomic E-state index is 12.9. The third-order valence-corrected chi connectivity index (χ3v) is 4.57. The molecule has 150 valence electrons. The summed E-state index contributed by atoms with van der Waals surface area (Å²) in [6.07, 6.45) is 0.436. The molecule has 1 aromatic rings. The molecule has 0 saturated heterocycles. The van der Waals surface area contributed by atoms with Crippen LogP contribution in [0.3, 0.4) is 0 Å². The van der Waals surface area contributed by atoms with E-state index in [1.165, 1.54) is 0 Å². The van der Waals surface area contributed by atoms with Crippen LogP contribution in [0.2, 0.25) is 0 Å². The van der Waals surface area contributed by atoms with E-state index in [4.69, 9.17) is 5.73 Å². The number of amides is 2. The first-order chi connectivity index (χ1) is 12.5. The Hall–Kier alpha value is -1.86. The second-order valence-electron chi connectivity index (χ2n) is 7.62. The minimum atomic E-state index is -1.32. The lowest BCUT2D eigenvalue weighted by Crippen LogP contribution is -2.55. The van der Waals surface area contributed by atoms with Crippen molar-refractivity contribution >= 4 is 30.4 Å². The summed E-state index contributed by atoms with van der Waals surface area (Å²) in [5.41, 5.74) is 6.65. The van der Waals surface area contributed by atoms with Crippen molar-refractivity contribution in [2.24, 2.45) is 17.6 Å². The molecular formula is C20H30N2O4S. The molecular weight excluding hydrogens is 364 g/mol. The molecule has 0 saturated carbocycles. The minimum absolute atomic E-state index is 0.0132. The van der Waals surface area contributed by atoms with E-state index in [1.54, 1.807) is 24.3 Å². The van der Waals surface area contributed by atoms with Crippen molar-refractivity contribution in [3.63, 3.8) is 0 Å². The van der Waals surface area contributed by atoms with Gasteiger partial charge < -0.3 is 10.8 Å². The van der Waals surface area contributed by atoms with Gasteiger partial charge in [-0.2, -0.15) is 0 Å². The van der Waals surface area contributed by atoms with E-state index in [2.05, 4.69) is 12.6 Å². The summed E-state index contributed by atoms with van der Waals surface area (Å²) >= 11 is 4.35. The standard InChI is InChI=1S/C20H30N2O4S/c1-12(2)9-15(21)19(24)22(18(23)10-13(3)4)16(20(25)26)11-14-7-5-6-8-17(14)27/h5-8,12-13,15-16,27H,9-11,21H2,1-4H3,(H,25,26). The highest BCUT2D eigenvalue weighted by atomic mass is 32.1. The molecule has 0 aromatic heterocycles. The second-order valence-corrected chi connectivity index (χ2v) is 8.10. The van der Waals surface area contributed by atoms with Crippen LogP contribution in [0.4, 0.5) is 0 Å². The van der Waals surface area contributed by atoms with Crippen LogP contribution >= 0.6 is 12.6 Å². The van der Waals surface area contributed by atoms with Gasteiger partial charge in [-0.25, -0.2) is 4.79 Å².